The molecule has 1 aromatic carbocycles. The maximum absolute atomic E-state index is 11.1. The highest BCUT2D eigenvalue weighted by molar-refractivity contribution is 8.13. The number of nitrogens with two attached hydrogens (primary N) is 1. The molecule has 62 valence electrons. The van der Waals surface area contributed by atoms with Gasteiger partial charge in [-0.15, -0.1) is 0 Å². The summed E-state index contributed by atoms with van der Waals surface area (Å²) in [6.45, 7) is 0. The van der Waals surface area contributed by atoms with Gasteiger partial charge in [-0.25, -0.2) is 0 Å². The molecule has 12 heavy (non-hydrogen) atoms. The molecule has 0 aliphatic carbocycles. The van der Waals surface area contributed by atoms with E-state index in [4.69, 9.17) is 5.73 Å². The average molecular weight is 179 g/mol. The van der Waals surface area contributed by atoms with Gasteiger partial charge in [0.15, 0.2) is 5.12 Å². The van der Waals surface area contributed by atoms with Crippen LogP contribution in [0.5, 0.6) is 0 Å². The highest BCUT2D eigenvalue weighted by Gasteiger charge is 2.22. The molecule has 2 nitrogen and oxygen atoms in total. The van der Waals surface area contributed by atoms with Crippen LogP contribution in [0.25, 0.3) is 0 Å². The highest BCUT2D eigenvalue weighted by atomic mass is 32.2. The van der Waals surface area contributed by atoms with Crippen LogP contribution in [0.2, 0.25) is 0 Å². The zero-order valence-corrected chi connectivity index (χ0v) is 7.30. The first-order chi connectivity index (χ1) is 5.77. The van der Waals surface area contributed by atoms with Gasteiger partial charge < -0.3 is 5.73 Å². The molecule has 1 atom stereocenters. The minimum absolute atomic E-state index is 0.102. The first kappa shape index (κ1) is 7.83. The number of rotatable bonds is 0. The van der Waals surface area contributed by atoms with Crippen LogP contribution in [0.4, 0.5) is 0 Å². The molecule has 2 rings (SSSR count). The number of thioether (sulfide) groups is 1. The second-order valence-electron chi connectivity index (χ2n) is 2.82. The third-order valence-corrected chi connectivity index (χ3v) is 2.91. The lowest BCUT2D eigenvalue weighted by Gasteiger charge is -2.19. The third kappa shape index (κ3) is 1.26. The van der Waals surface area contributed by atoms with Crippen molar-refractivity contribution in [2.24, 2.45) is 5.73 Å². The van der Waals surface area contributed by atoms with Crippen molar-refractivity contribution in [1.29, 1.82) is 0 Å². The zero-order chi connectivity index (χ0) is 8.55. The Morgan fingerprint density at radius 3 is 3.00 bits per heavy atom. The Morgan fingerprint density at radius 2 is 2.17 bits per heavy atom. The second kappa shape index (κ2) is 2.92. The average Bonchev–Trinajstić information content (AvgIpc) is 2.04. The fourth-order valence-electron chi connectivity index (χ4n) is 1.33. The van der Waals surface area contributed by atoms with Crippen molar-refractivity contribution >= 4 is 16.9 Å². The van der Waals surface area contributed by atoms with Gasteiger partial charge in [0.25, 0.3) is 0 Å². The summed E-state index contributed by atoms with van der Waals surface area (Å²) in [4.78, 5) is 12.1. The number of carbonyl (C=O) groups excluding carboxylic acids is 1. The summed E-state index contributed by atoms with van der Waals surface area (Å²) in [5.41, 5.74) is 6.90. The summed E-state index contributed by atoms with van der Waals surface area (Å²) in [5, 5.41) is 0.168. The van der Waals surface area contributed by atoms with E-state index in [9.17, 15) is 4.79 Å². The molecule has 1 heterocycles. The van der Waals surface area contributed by atoms with Crippen LogP contribution in [-0.2, 0) is 4.79 Å². The van der Waals surface area contributed by atoms with E-state index in [0.717, 1.165) is 10.5 Å². The Hall–Kier alpha value is -0.800. The van der Waals surface area contributed by atoms with Crippen molar-refractivity contribution in [2.45, 2.75) is 17.4 Å². The van der Waals surface area contributed by atoms with Gasteiger partial charge in [-0.05, 0) is 11.6 Å². The summed E-state index contributed by atoms with van der Waals surface area (Å²) in [5.74, 6) is 0. The summed E-state index contributed by atoms with van der Waals surface area (Å²) >= 11 is 1.30. The van der Waals surface area contributed by atoms with Gasteiger partial charge in [-0.2, -0.15) is 0 Å². The van der Waals surface area contributed by atoms with E-state index in [0.29, 0.717) is 6.42 Å². The van der Waals surface area contributed by atoms with Crippen LogP contribution in [0, 0.1) is 0 Å². The summed E-state index contributed by atoms with van der Waals surface area (Å²) in [7, 11) is 0. The molecule has 0 spiro atoms. The molecule has 0 amide bonds. The third-order valence-electron chi connectivity index (χ3n) is 1.93. The quantitative estimate of drug-likeness (QED) is 0.659. The van der Waals surface area contributed by atoms with Crippen molar-refractivity contribution in [2.75, 3.05) is 0 Å². The van der Waals surface area contributed by atoms with Crippen molar-refractivity contribution in [3.8, 4) is 0 Å². The largest absolute Gasteiger partial charge is 0.324 e. The smallest absolute Gasteiger partial charge is 0.195 e. The Morgan fingerprint density at radius 1 is 1.42 bits per heavy atom. The van der Waals surface area contributed by atoms with Crippen LogP contribution in [-0.4, -0.2) is 5.12 Å². The minimum Gasteiger partial charge on any atom is -0.324 e. The fourth-order valence-corrected chi connectivity index (χ4v) is 2.33. The van der Waals surface area contributed by atoms with Gasteiger partial charge in [0.2, 0.25) is 0 Å². The maximum atomic E-state index is 11.1. The normalized spacial score (nSPS) is 22.1. The van der Waals surface area contributed by atoms with Gasteiger partial charge >= 0.3 is 0 Å². The fraction of sp³-hybridized carbons (Fsp3) is 0.222. The molecule has 3 heteroatoms. The van der Waals surface area contributed by atoms with E-state index in [1.54, 1.807) is 0 Å². The molecule has 0 saturated carbocycles. The van der Waals surface area contributed by atoms with E-state index >= 15 is 0 Å². The van der Waals surface area contributed by atoms with Gasteiger partial charge in [-0.1, -0.05) is 30.0 Å². The molecule has 0 radical (unpaired) electrons. The predicted octanol–water partition coefficient (Wildman–Crippen LogP) is 1.71. The van der Waals surface area contributed by atoms with Crippen LogP contribution in [0.1, 0.15) is 18.0 Å². The molecular formula is C9H9NOS. The lowest BCUT2D eigenvalue weighted by Crippen LogP contribution is -2.18. The van der Waals surface area contributed by atoms with Crippen molar-refractivity contribution < 1.29 is 4.79 Å². The Kier molecular flexibility index (Phi) is 1.90. The van der Waals surface area contributed by atoms with Crippen molar-refractivity contribution in [3.63, 3.8) is 0 Å². The van der Waals surface area contributed by atoms with Gasteiger partial charge in [0.1, 0.15) is 0 Å². The van der Waals surface area contributed by atoms with Crippen LogP contribution in [0.15, 0.2) is 29.2 Å². The summed E-state index contributed by atoms with van der Waals surface area (Å²) in [6.07, 6.45) is 0.460. The predicted molar refractivity (Wildman–Crippen MR) is 48.9 cm³/mol. The first-order valence-electron chi connectivity index (χ1n) is 3.82. The van der Waals surface area contributed by atoms with Crippen molar-refractivity contribution in [3.05, 3.63) is 29.8 Å². The highest BCUT2D eigenvalue weighted by Crippen LogP contribution is 2.35. The maximum Gasteiger partial charge on any atom is 0.195 e. The molecule has 0 saturated heterocycles. The minimum atomic E-state index is -0.102. The number of fused-ring (bicyclic) bond motifs is 1. The van der Waals surface area contributed by atoms with Crippen molar-refractivity contribution in [1.82, 2.24) is 0 Å². The zero-order valence-electron chi connectivity index (χ0n) is 6.49. The first-order valence-corrected chi connectivity index (χ1v) is 4.64. The number of carbonyl (C=O) groups is 1. The SMILES string of the molecule is NC1CC(=O)Sc2ccccc21. The van der Waals surface area contributed by atoms with E-state index in [-0.39, 0.29) is 11.2 Å². The Labute approximate surface area is 75.1 Å². The number of hydrogen-bond donors (Lipinski definition) is 1. The van der Waals surface area contributed by atoms with Gasteiger partial charge in [0.05, 0.1) is 0 Å². The Balaban J connectivity index is 2.47. The molecular weight excluding hydrogens is 170 g/mol. The summed E-state index contributed by atoms with van der Waals surface area (Å²) < 4.78 is 0. The molecule has 2 N–H and O–H groups in total. The van der Waals surface area contributed by atoms with E-state index < -0.39 is 0 Å². The number of hydrogen-bond acceptors (Lipinski definition) is 3. The molecule has 0 aromatic heterocycles. The topological polar surface area (TPSA) is 43.1 Å². The molecule has 1 aromatic rings. The lowest BCUT2D eigenvalue weighted by atomic mass is 10.1. The van der Waals surface area contributed by atoms with E-state index in [1.165, 1.54) is 11.8 Å². The van der Waals surface area contributed by atoms with E-state index in [1.807, 2.05) is 24.3 Å². The van der Waals surface area contributed by atoms with Crippen LogP contribution in [0.3, 0.4) is 0 Å². The van der Waals surface area contributed by atoms with Crippen LogP contribution < -0.4 is 5.73 Å². The molecule has 1 aliphatic heterocycles. The van der Waals surface area contributed by atoms with Gasteiger partial charge in [0, 0.05) is 17.4 Å². The molecule has 0 fully saturated rings. The lowest BCUT2D eigenvalue weighted by molar-refractivity contribution is -0.111. The second-order valence-corrected chi connectivity index (χ2v) is 3.92. The standard InChI is InChI=1S/C9H9NOS/c10-7-5-9(11)12-8-4-2-1-3-6(7)8/h1-4,7H,5,10H2. The molecule has 0 bridgehead atoms. The monoisotopic (exact) mass is 179 g/mol. The summed E-state index contributed by atoms with van der Waals surface area (Å²) in [6, 6.07) is 7.71. The Bertz CT molecular complexity index is 324. The van der Waals surface area contributed by atoms with E-state index in [2.05, 4.69) is 0 Å². The number of benzene rings is 1. The van der Waals surface area contributed by atoms with Crippen LogP contribution >= 0.6 is 11.8 Å². The molecule has 1 aliphatic rings. The molecule has 1 unspecified atom stereocenters. The van der Waals surface area contributed by atoms with Gasteiger partial charge in [-0.3, -0.25) is 4.79 Å².